The maximum absolute atomic E-state index is 11.4. The van der Waals surface area contributed by atoms with E-state index < -0.39 is 0 Å². The third kappa shape index (κ3) is 2.30. The first kappa shape index (κ1) is 11.6. The largest absolute Gasteiger partial charge is 0.366 e. The highest BCUT2D eigenvalue weighted by atomic mass is 16.2. The molecule has 0 saturated heterocycles. The Morgan fingerprint density at radius 2 is 2.24 bits per heavy atom. The van der Waals surface area contributed by atoms with Crippen LogP contribution < -0.4 is 11.0 Å². The van der Waals surface area contributed by atoms with Crippen molar-refractivity contribution in [2.24, 2.45) is 5.92 Å². The van der Waals surface area contributed by atoms with Gasteiger partial charge in [0.2, 0.25) is 0 Å². The molecule has 2 aromatic rings. The molecule has 2 heterocycles. The molecule has 0 aromatic carbocycles. The van der Waals surface area contributed by atoms with Crippen LogP contribution in [0.15, 0.2) is 16.9 Å². The summed E-state index contributed by atoms with van der Waals surface area (Å²) < 4.78 is 1.26. The summed E-state index contributed by atoms with van der Waals surface area (Å²) in [6.45, 7) is 6.44. The maximum Gasteiger partial charge on any atom is 0.364 e. The number of nitrogens with zero attached hydrogens (tertiary/aromatic N) is 3. The minimum Gasteiger partial charge on any atom is -0.366 e. The van der Waals surface area contributed by atoms with Crippen LogP contribution in [0.4, 0.5) is 5.82 Å². The first-order chi connectivity index (χ1) is 8.11. The molecule has 0 bridgehead atoms. The van der Waals surface area contributed by atoms with Gasteiger partial charge >= 0.3 is 5.69 Å². The zero-order chi connectivity index (χ0) is 12.4. The molecule has 0 aliphatic carbocycles. The number of rotatable bonds is 4. The van der Waals surface area contributed by atoms with Crippen molar-refractivity contribution in [1.29, 1.82) is 0 Å². The zero-order valence-corrected chi connectivity index (χ0v) is 10.3. The van der Waals surface area contributed by atoms with Gasteiger partial charge in [-0.25, -0.2) is 9.89 Å². The predicted octanol–water partition coefficient (Wildman–Crippen LogP) is 1.26. The van der Waals surface area contributed by atoms with E-state index in [-0.39, 0.29) is 5.69 Å². The van der Waals surface area contributed by atoms with Crippen molar-refractivity contribution >= 4 is 11.5 Å². The van der Waals surface area contributed by atoms with Crippen LogP contribution in [0.3, 0.4) is 0 Å². The number of aromatic amines is 1. The molecule has 2 aromatic heterocycles. The van der Waals surface area contributed by atoms with Crippen LogP contribution in [0.25, 0.3) is 5.65 Å². The average molecular weight is 235 g/mol. The minimum atomic E-state index is -0.320. The average Bonchev–Trinajstić information content (AvgIpc) is 2.70. The topological polar surface area (TPSA) is 75.1 Å². The molecule has 0 fully saturated rings. The molecule has 6 heteroatoms. The van der Waals surface area contributed by atoms with E-state index in [1.54, 1.807) is 6.07 Å². The lowest BCUT2D eigenvalue weighted by Crippen LogP contribution is -2.24. The van der Waals surface area contributed by atoms with Crippen molar-refractivity contribution in [3.05, 3.63) is 22.6 Å². The number of hydrogen-bond acceptors (Lipinski definition) is 4. The van der Waals surface area contributed by atoms with Crippen molar-refractivity contribution in [3.8, 4) is 0 Å². The first-order valence-corrected chi connectivity index (χ1v) is 5.82. The van der Waals surface area contributed by atoms with Crippen molar-refractivity contribution in [2.75, 3.05) is 5.32 Å². The molecular weight excluding hydrogens is 218 g/mol. The van der Waals surface area contributed by atoms with Crippen LogP contribution in [0, 0.1) is 5.92 Å². The van der Waals surface area contributed by atoms with Gasteiger partial charge in [0.15, 0.2) is 5.65 Å². The third-order valence-corrected chi connectivity index (χ3v) is 3.15. The van der Waals surface area contributed by atoms with Crippen LogP contribution in [-0.2, 0) is 0 Å². The van der Waals surface area contributed by atoms with Crippen molar-refractivity contribution in [1.82, 2.24) is 19.8 Å². The van der Waals surface area contributed by atoms with Crippen molar-refractivity contribution in [3.63, 3.8) is 0 Å². The van der Waals surface area contributed by atoms with Crippen molar-refractivity contribution < 1.29 is 0 Å². The number of aromatic nitrogens is 4. The molecule has 0 radical (unpaired) electrons. The van der Waals surface area contributed by atoms with Gasteiger partial charge in [-0.1, -0.05) is 20.3 Å². The number of H-pyrrole nitrogens is 1. The second-order valence-electron chi connectivity index (χ2n) is 4.34. The number of fused-ring (bicyclic) bond motifs is 1. The molecular formula is C11H17N5O. The molecule has 0 saturated carbocycles. The van der Waals surface area contributed by atoms with E-state index in [0.717, 1.165) is 6.42 Å². The summed E-state index contributed by atoms with van der Waals surface area (Å²) in [5.74, 6) is 1.24. The fraction of sp³-hybridized carbons (Fsp3) is 0.545. The summed E-state index contributed by atoms with van der Waals surface area (Å²) >= 11 is 0. The lowest BCUT2D eigenvalue weighted by Gasteiger charge is -2.20. The molecule has 6 nitrogen and oxygen atoms in total. The highest BCUT2D eigenvalue weighted by molar-refractivity contribution is 5.43. The summed E-state index contributed by atoms with van der Waals surface area (Å²) in [7, 11) is 0. The third-order valence-electron chi connectivity index (χ3n) is 3.15. The summed E-state index contributed by atoms with van der Waals surface area (Å²) in [4.78, 5) is 11.4. The van der Waals surface area contributed by atoms with Crippen LogP contribution in [-0.4, -0.2) is 25.9 Å². The molecule has 2 rings (SSSR count). The van der Waals surface area contributed by atoms with E-state index in [1.165, 1.54) is 4.52 Å². The smallest absolute Gasteiger partial charge is 0.364 e. The Hall–Kier alpha value is -1.85. The van der Waals surface area contributed by atoms with Crippen molar-refractivity contribution in [2.45, 2.75) is 33.2 Å². The van der Waals surface area contributed by atoms with Gasteiger partial charge in [-0.15, -0.1) is 5.10 Å². The van der Waals surface area contributed by atoms with E-state index >= 15 is 0 Å². The van der Waals surface area contributed by atoms with E-state index in [0.29, 0.717) is 23.4 Å². The second-order valence-corrected chi connectivity index (χ2v) is 4.34. The fourth-order valence-electron chi connectivity index (χ4n) is 1.61. The van der Waals surface area contributed by atoms with Gasteiger partial charge in [0.1, 0.15) is 5.82 Å². The van der Waals surface area contributed by atoms with Crippen LogP contribution in [0.2, 0.25) is 0 Å². The minimum absolute atomic E-state index is 0.313. The SMILES string of the molecule is CCC(C)C(C)Nc1ccc2n[nH]c(=O)n2n1. The monoisotopic (exact) mass is 235 g/mol. The Bertz CT molecular complexity index is 558. The quantitative estimate of drug-likeness (QED) is 0.836. The summed E-state index contributed by atoms with van der Waals surface area (Å²) in [5, 5.41) is 13.7. The molecule has 0 amide bonds. The number of nitrogens with one attached hydrogen (secondary N) is 2. The fourth-order valence-corrected chi connectivity index (χ4v) is 1.61. The van der Waals surface area contributed by atoms with Gasteiger partial charge in [0, 0.05) is 6.04 Å². The summed E-state index contributed by atoms with van der Waals surface area (Å²) in [6, 6.07) is 3.90. The summed E-state index contributed by atoms with van der Waals surface area (Å²) in [6.07, 6.45) is 1.10. The lowest BCUT2D eigenvalue weighted by atomic mass is 10.0. The Morgan fingerprint density at radius 3 is 2.94 bits per heavy atom. The molecule has 92 valence electrons. The molecule has 0 aliphatic rings. The van der Waals surface area contributed by atoms with Gasteiger partial charge in [0.25, 0.3) is 0 Å². The Kier molecular flexibility index (Phi) is 3.12. The van der Waals surface area contributed by atoms with Gasteiger partial charge < -0.3 is 5.32 Å². The molecule has 17 heavy (non-hydrogen) atoms. The van der Waals surface area contributed by atoms with Gasteiger partial charge in [-0.3, -0.25) is 0 Å². The Balaban J connectivity index is 2.24. The molecule has 2 atom stereocenters. The molecule has 0 aliphatic heterocycles. The maximum atomic E-state index is 11.4. The van der Waals surface area contributed by atoms with E-state index in [1.807, 2.05) is 6.07 Å². The normalized spacial score (nSPS) is 14.8. The van der Waals surface area contributed by atoms with E-state index in [9.17, 15) is 4.79 Å². The summed E-state index contributed by atoms with van der Waals surface area (Å²) in [5.41, 5.74) is 0.205. The number of anilines is 1. The van der Waals surface area contributed by atoms with E-state index in [2.05, 4.69) is 41.4 Å². The van der Waals surface area contributed by atoms with Crippen LogP contribution in [0.1, 0.15) is 27.2 Å². The Labute approximate surface area is 99.0 Å². The molecule has 0 spiro atoms. The van der Waals surface area contributed by atoms with Gasteiger partial charge in [-0.05, 0) is 25.0 Å². The number of hydrogen-bond donors (Lipinski definition) is 2. The van der Waals surface area contributed by atoms with Gasteiger partial charge in [-0.2, -0.15) is 9.61 Å². The standard InChI is InChI=1S/C11H17N5O/c1-4-7(2)8(3)12-9-5-6-10-13-14-11(17)16(10)15-9/h5-8H,4H2,1-3H3,(H,12,15)(H,14,17). The first-order valence-electron chi connectivity index (χ1n) is 5.82. The van der Waals surface area contributed by atoms with Gasteiger partial charge in [0.05, 0.1) is 0 Å². The zero-order valence-electron chi connectivity index (χ0n) is 10.3. The molecule has 2 unspecified atom stereocenters. The molecule has 2 N–H and O–H groups in total. The second kappa shape index (κ2) is 4.57. The highest BCUT2D eigenvalue weighted by Crippen LogP contribution is 2.12. The highest BCUT2D eigenvalue weighted by Gasteiger charge is 2.11. The van der Waals surface area contributed by atoms with Crippen LogP contribution >= 0.6 is 0 Å². The van der Waals surface area contributed by atoms with E-state index in [4.69, 9.17) is 0 Å². The van der Waals surface area contributed by atoms with Crippen LogP contribution in [0.5, 0.6) is 0 Å². The Morgan fingerprint density at radius 1 is 1.47 bits per heavy atom. The lowest BCUT2D eigenvalue weighted by molar-refractivity contribution is 0.493. The predicted molar refractivity (Wildman–Crippen MR) is 66.1 cm³/mol.